The molecule has 0 unspecified atom stereocenters. The Morgan fingerprint density at radius 3 is 2.71 bits per heavy atom. The van der Waals surface area contributed by atoms with Crippen LogP contribution in [0.4, 0.5) is 4.39 Å². The van der Waals surface area contributed by atoms with Crippen molar-refractivity contribution in [3.05, 3.63) is 65.5 Å². The van der Waals surface area contributed by atoms with E-state index in [0.717, 1.165) is 5.56 Å². The van der Waals surface area contributed by atoms with E-state index >= 15 is 0 Å². The monoisotopic (exact) mass is 243 g/mol. The van der Waals surface area contributed by atoms with Gasteiger partial charge in [0, 0.05) is 10.6 Å². The van der Waals surface area contributed by atoms with Crippen LogP contribution in [0.3, 0.4) is 0 Å². The highest BCUT2D eigenvalue weighted by Gasteiger charge is 2.02. The van der Waals surface area contributed by atoms with E-state index in [2.05, 4.69) is 6.07 Å². The average molecular weight is 243 g/mol. The molecular weight excluding hydrogens is 233 g/mol. The van der Waals surface area contributed by atoms with Gasteiger partial charge in [-0.15, -0.1) is 11.8 Å². The van der Waals surface area contributed by atoms with Crippen molar-refractivity contribution in [2.45, 2.75) is 10.6 Å². The van der Waals surface area contributed by atoms with Crippen molar-refractivity contribution in [3.8, 4) is 6.07 Å². The molecule has 0 aliphatic heterocycles. The zero-order chi connectivity index (χ0) is 12.1. The molecule has 0 aliphatic carbocycles. The molecule has 0 spiro atoms. The first-order valence-electron chi connectivity index (χ1n) is 5.16. The third-order valence-corrected chi connectivity index (χ3v) is 3.41. The van der Waals surface area contributed by atoms with Gasteiger partial charge in [0.1, 0.15) is 5.82 Å². The number of nitriles is 1. The molecule has 0 fully saturated rings. The van der Waals surface area contributed by atoms with Crippen molar-refractivity contribution in [1.29, 1.82) is 5.26 Å². The number of hydrogen-bond donors (Lipinski definition) is 0. The number of hydrogen-bond acceptors (Lipinski definition) is 2. The van der Waals surface area contributed by atoms with Gasteiger partial charge in [-0.05, 0) is 29.8 Å². The Kier molecular flexibility index (Phi) is 3.79. The number of benzene rings is 2. The van der Waals surface area contributed by atoms with Crippen LogP contribution in [0.5, 0.6) is 0 Å². The van der Waals surface area contributed by atoms with E-state index in [1.54, 1.807) is 18.2 Å². The third kappa shape index (κ3) is 3.08. The molecule has 0 amide bonds. The van der Waals surface area contributed by atoms with E-state index < -0.39 is 0 Å². The molecule has 0 heterocycles. The highest BCUT2D eigenvalue weighted by atomic mass is 32.2. The molecule has 0 saturated heterocycles. The number of halogens is 1. The fourth-order valence-electron chi connectivity index (χ4n) is 1.45. The van der Waals surface area contributed by atoms with Crippen LogP contribution < -0.4 is 0 Å². The lowest BCUT2D eigenvalue weighted by Crippen LogP contribution is -1.84. The zero-order valence-corrected chi connectivity index (χ0v) is 9.88. The van der Waals surface area contributed by atoms with Crippen LogP contribution in [0.2, 0.25) is 0 Å². The smallest absolute Gasteiger partial charge is 0.136 e. The Morgan fingerprint density at radius 2 is 1.94 bits per heavy atom. The Morgan fingerprint density at radius 1 is 1.12 bits per heavy atom. The minimum atomic E-state index is -0.200. The van der Waals surface area contributed by atoms with Crippen molar-refractivity contribution in [3.63, 3.8) is 0 Å². The minimum Gasteiger partial charge on any atom is -0.206 e. The van der Waals surface area contributed by atoms with Crippen molar-refractivity contribution < 1.29 is 4.39 Å². The molecule has 0 aliphatic rings. The largest absolute Gasteiger partial charge is 0.206 e. The highest BCUT2D eigenvalue weighted by Crippen LogP contribution is 2.25. The van der Waals surface area contributed by atoms with Crippen molar-refractivity contribution in [2.75, 3.05) is 0 Å². The molecule has 2 rings (SSSR count). The van der Waals surface area contributed by atoms with Gasteiger partial charge in [0.15, 0.2) is 0 Å². The molecule has 2 aromatic rings. The second kappa shape index (κ2) is 5.51. The first kappa shape index (κ1) is 11.7. The van der Waals surface area contributed by atoms with Crippen molar-refractivity contribution in [2.24, 2.45) is 0 Å². The van der Waals surface area contributed by atoms with E-state index in [1.807, 2.05) is 24.3 Å². The van der Waals surface area contributed by atoms with Gasteiger partial charge in [0.05, 0.1) is 11.6 Å². The molecule has 0 N–H and O–H groups in total. The van der Waals surface area contributed by atoms with Crippen molar-refractivity contribution >= 4 is 11.8 Å². The van der Waals surface area contributed by atoms with E-state index in [9.17, 15) is 4.39 Å². The highest BCUT2D eigenvalue weighted by molar-refractivity contribution is 7.98. The van der Waals surface area contributed by atoms with Gasteiger partial charge in [0.25, 0.3) is 0 Å². The number of thioether (sulfide) groups is 1. The van der Waals surface area contributed by atoms with Crippen LogP contribution in [-0.4, -0.2) is 0 Å². The molecular formula is C14H10FNS. The van der Waals surface area contributed by atoms with E-state index in [0.29, 0.717) is 16.2 Å². The summed E-state index contributed by atoms with van der Waals surface area (Å²) >= 11 is 1.43. The first-order valence-corrected chi connectivity index (χ1v) is 6.14. The number of nitrogens with zero attached hydrogens (tertiary/aromatic N) is 1. The van der Waals surface area contributed by atoms with Crippen LogP contribution >= 0.6 is 11.8 Å². The molecule has 2 aromatic carbocycles. The maximum absolute atomic E-state index is 13.4. The lowest BCUT2D eigenvalue weighted by Gasteiger charge is -2.03. The van der Waals surface area contributed by atoms with E-state index in [-0.39, 0.29) is 5.82 Å². The second-order valence-corrected chi connectivity index (χ2v) is 4.55. The molecule has 17 heavy (non-hydrogen) atoms. The topological polar surface area (TPSA) is 23.8 Å². The summed E-state index contributed by atoms with van der Waals surface area (Å²) in [5.41, 5.74) is 1.66. The molecule has 84 valence electrons. The summed E-state index contributed by atoms with van der Waals surface area (Å²) in [5, 5.41) is 8.77. The minimum absolute atomic E-state index is 0.200. The van der Waals surface area contributed by atoms with Crippen LogP contribution in [0.1, 0.15) is 11.1 Å². The maximum atomic E-state index is 13.4. The van der Waals surface area contributed by atoms with Crippen LogP contribution in [0.15, 0.2) is 53.4 Å². The standard InChI is InChI=1S/C14H10FNS/c15-13-6-1-2-7-14(13)17-10-12-5-3-4-11(8-12)9-16/h1-8H,10H2. The maximum Gasteiger partial charge on any atom is 0.136 e. The Hall–Kier alpha value is -1.79. The summed E-state index contributed by atoms with van der Waals surface area (Å²) in [6.45, 7) is 0. The second-order valence-electron chi connectivity index (χ2n) is 3.53. The average Bonchev–Trinajstić information content (AvgIpc) is 2.38. The molecule has 0 radical (unpaired) electrons. The molecule has 0 atom stereocenters. The summed E-state index contributed by atoms with van der Waals surface area (Å²) in [5.74, 6) is 0.463. The normalized spacial score (nSPS) is 9.88. The molecule has 0 aromatic heterocycles. The molecule has 3 heteroatoms. The van der Waals surface area contributed by atoms with Gasteiger partial charge in [-0.3, -0.25) is 0 Å². The van der Waals surface area contributed by atoms with Gasteiger partial charge < -0.3 is 0 Å². The SMILES string of the molecule is N#Cc1cccc(CSc2ccccc2F)c1. The summed E-state index contributed by atoms with van der Waals surface area (Å²) in [6.07, 6.45) is 0. The lowest BCUT2D eigenvalue weighted by molar-refractivity contribution is 0.602. The van der Waals surface area contributed by atoms with Gasteiger partial charge in [-0.2, -0.15) is 5.26 Å². The Balaban J connectivity index is 2.08. The summed E-state index contributed by atoms with van der Waals surface area (Å²) < 4.78 is 13.4. The predicted octanol–water partition coefficient (Wildman–Crippen LogP) is 3.99. The molecule has 1 nitrogen and oxygen atoms in total. The number of rotatable bonds is 3. The van der Waals surface area contributed by atoms with Gasteiger partial charge in [-0.1, -0.05) is 24.3 Å². The predicted molar refractivity (Wildman–Crippen MR) is 67.1 cm³/mol. The zero-order valence-electron chi connectivity index (χ0n) is 9.06. The summed E-state index contributed by atoms with van der Waals surface area (Å²) in [4.78, 5) is 0.634. The van der Waals surface area contributed by atoms with Crippen molar-refractivity contribution in [1.82, 2.24) is 0 Å². The quantitative estimate of drug-likeness (QED) is 0.761. The van der Waals surface area contributed by atoms with Gasteiger partial charge >= 0.3 is 0 Å². The Labute approximate surface area is 104 Å². The summed E-state index contributed by atoms with van der Waals surface area (Å²) in [6, 6.07) is 16.2. The molecule has 0 bridgehead atoms. The molecule has 0 saturated carbocycles. The van der Waals surface area contributed by atoms with Crippen LogP contribution in [-0.2, 0) is 5.75 Å². The third-order valence-electron chi connectivity index (χ3n) is 2.29. The van der Waals surface area contributed by atoms with Crippen LogP contribution in [0, 0.1) is 17.1 Å². The fourth-order valence-corrected chi connectivity index (χ4v) is 2.34. The van der Waals surface area contributed by atoms with Crippen LogP contribution in [0.25, 0.3) is 0 Å². The fraction of sp³-hybridized carbons (Fsp3) is 0.0714. The van der Waals surface area contributed by atoms with E-state index in [1.165, 1.54) is 17.8 Å². The van der Waals surface area contributed by atoms with E-state index in [4.69, 9.17) is 5.26 Å². The van der Waals surface area contributed by atoms with Gasteiger partial charge in [-0.25, -0.2) is 4.39 Å². The Bertz CT molecular complexity index is 560. The first-order chi connectivity index (χ1) is 8.29. The summed E-state index contributed by atoms with van der Waals surface area (Å²) in [7, 11) is 0. The lowest BCUT2D eigenvalue weighted by atomic mass is 10.2. The van der Waals surface area contributed by atoms with Gasteiger partial charge in [0.2, 0.25) is 0 Å².